The Morgan fingerprint density at radius 3 is 2.30 bits per heavy atom. The summed E-state index contributed by atoms with van der Waals surface area (Å²) in [5, 5.41) is 10.9. The third-order valence-electron chi connectivity index (χ3n) is 11.9. The Balaban J connectivity index is 1.31. The molecule has 50 heavy (non-hydrogen) atoms. The van der Waals surface area contributed by atoms with Gasteiger partial charge in [-0.2, -0.15) is 5.01 Å². The quantitative estimate of drug-likeness (QED) is 0.233. The molecule has 8 rings (SSSR count). The van der Waals surface area contributed by atoms with E-state index in [2.05, 4.69) is 11.5 Å². The van der Waals surface area contributed by atoms with Gasteiger partial charge in [-0.3, -0.25) is 29.5 Å². The van der Waals surface area contributed by atoms with Gasteiger partial charge in [-0.05, 0) is 62.3 Å². The number of ether oxygens (including phenoxy) is 1. The average molecular weight is 674 g/mol. The summed E-state index contributed by atoms with van der Waals surface area (Å²) >= 11 is 0. The number of fused-ring (bicyclic) bond motifs is 4. The van der Waals surface area contributed by atoms with E-state index in [1.54, 1.807) is 4.90 Å². The number of aliphatic hydroxyl groups is 1. The molecule has 4 amide bonds. The summed E-state index contributed by atoms with van der Waals surface area (Å²) in [6.07, 6.45) is 7.50. The molecule has 2 heterocycles. The highest BCUT2D eigenvalue weighted by Crippen LogP contribution is 2.65. The normalized spacial score (nSPS) is 29.4. The molecule has 4 fully saturated rings. The lowest BCUT2D eigenvalue weighted by Gasteiger charge is -2.50. The van der Waals surface area contributed by atoms with Crippen molar-refractivity contribution in [2.24, 2.45) is 23.7 Å². The van der Waals surface area contributed by atoms with Gasteiger partial charge in [0.15, 0.2) is 0 Å². The Bertz CT molecular complexity index is 1850. The number of nitrogens with one attached hydrogen (secondary N) is 1. The predicted octanol–water partition coefficient (Wildman–Crippen LogP) is 5.68. The number of benzene rings is 3. The molecule has 0 aromatic heterocycles. The van der Waals surface area contributed by atoms with Gasteiger partial charge in [0.1, 0.15) is 12.4 Å². The fourth-order valence-electron chi connectivity index (χ4n) is 9.82. The van der Waals surface area contributed by atoms with E-state index in [0.29, 0.717) is 29.0 Å². The maximum atomic E-state index is 15.3. The van der Waals surface area contributed by atoms with Crippen LogP contribution in [0.1, 0.15) is 67.6 Å². The molecule has 0 radical (unpaired) electrons. The van der Waals surface area contributed by atoms with Crippen molar-refractivity contribution in [2.45, 2.75) is 69.2 Å². The molecule has 0 spiro atoms. The number of nitrogens with zero attached hydrogens (tertiary/aromatic N) is 2. The van der Waals surface area contributed by atoms with Crippen molar-refractivity contribution in [3.63, 3.8) is 0 Å². The molecular formula is C41H43N3O6. The Labute approximate surface area is 292 Å². The zero-order valence-electron chi connectivity index (χ0n) is 28.3. The Kier molecular flexibility index (Phi) is 8.34. The van der Waals surface area contributed by atoms with Crippen LogP contribution >= 0.6 is 0 Å². The number of hydrogen-bond donors (Lipinski definition) is 2. The SMILES string of the molecule is Cc1ccc(NN2C(=O)[C@@H]3C[C@@H]4C(=CC[C@@H]5C(=O)N(C6CCCCC6)C(=O)[C@@H]54)[C@H](c4ccccc4OCCO)[C@]3(c3ccccc3)C2=O)cc1. The molecule has 9 nitrogen and oxygen atoms in total. The molecule has 2 aliphatic heterocycles. The second kappa shape index (κ2) is 12.8. The second-order valence-electron chi connectivity index (χ2n) is 14.5. The highest BCUT2D eigenvalue weighted by atomic mass is 16.5. The lowest BCUT2D eigenvalue weighted by molar-refractivity contribution is -0.144. The molecule has 2 saturated carbocycles. The number of aliphatic hydroxyl groups excluding tert-OH is 1. The summed E-state index contributed by atoms with van der Waals surface area (Å²) in [6.45, 7) is 1.83. The fraction of sp³-hybridized carbons (Fsp3) is 0.415. The van der Waals surface area contributed by atoms with Crippen molar-refractivity contribution < 1.29 is 29.0 Å². The molecule has 3 aromatic rings. The first-order valence-electron chi connectivity index (χ1n) is 18.0. The number of likely N-dealkylation sites (tertiary alicyclic amines) is 1. The van der Waals surface area contributed by atoms with E-state index in [1.807, 2.05) is 85.8 Å². The number of rotatable bonds is 8. The largest absolute Gasteiger partial charge is 0.491 e. The molecule has 9 heteroatoms. The van der Waals surface area contributed by atoms with Crippen LogP contribution in [0, 0.1) is 30.6 Å². The molecule has 0 unspecified atom stereocenters. The number of para-hydroxylation sites is 1. The van der Waals surface area contributed by atoms with E-state index in [0.717, 1.165) is 43.2 Å². The maximum absolute atomic E-state index is 15.3. The van der Waals surface area contributed by atoms with Crippen LogP contribution in [0.2, 0.25) is 0 Å². The van der Waals surface area contributed by atoms with E-state index in [9.17, 15) is 19.5 Å². The van der Waals surface area contributed by atoms with Crippen LogP contribution in [-0.2, 0) is 24.6 Å². The van der Waals surface area contributed by atoms with Gasteiger partial charge < -0.3 is 9.84 Å². The van der Waals surface area contributed by atoms with Crippen LogP contribution in [0.15, 0.2) is 90.5 Å². The van der Waals surface area contributed by atoms with Gasteiger partial charge in [0, 0.05) is 17.5 Å². The third-order valence-corrected chi connectivity index (χ3v) is 11.9. The molecule has 5 aliphatic rings. The molecule has 258 valence electrons. The number of amides is 4. The van der Waals surface area contributed by atoms with E-state index in [-0.39, 0.29) is 49.3 Å². The molecule has 2 saturated heterocycles. The van der Waals surface area contributed by atoms with Gasteiger partial charge in [0.05, 0.1) is 35.5 Å². The number of allylic oxidation sites excluding steroid dienone is 2. The third kappa shape index (κ3) is 4.92. The number of carbonyl (C=O) groups is 4. The van der Waals surface area contributed by atoms with Crippen LogP contribution in [0.4, 0.5) is 5.69 Å². The number of aryl methyl sites for hydroxylation is 1. The molecule has 3 aromatic carbocycles. The van der Waals surface area contributed by atoms with Crippen molar-refractivity contribution in [3.05, 3.63) is 107 Å². The first-order valence-corrected chi connectivity index (χ1v) is 18.0. The lowest BCUT2D eigenvalue weighted by atomic mass is 9.49. The molecule has 3 aliphatic carbocycles. The standard InChI is InChI=1S/C41H43N3O6/c1-25-16-18-27(19-17-25)42-44-38(47)33-24-32-29(20-21-31-35(32)39(48)43(37(31)46)28-12-6-3-7-13-28)36(30-14-8-9-15-34(30)50-23-22-45)41(33,40(44)49)26-10-4-2-5-11-26/h2,4-5,8-11,14-20,28,31-33,35-36,42,45H,3,6-7,12-13,21-24H2,1H3/t31-,32+,33-,35-,36+,41+/m0/s1. The van der Waals surface area contributed by atoms with E-state index < -0.39 is 35.0 Å². The summed E-state index contributed by atoms with van der Waals surface area (Å²) in [5.74, 6) is -3.49. The lowest BCUT2D eigenvalue weighted by Crippen LogP contribution is -2.53. The number of carbonyl (C=O) groups excluding carboxylic acids is 4. The summed E-state index contributed by atoms with van der Waals surface area (Å²) in [7, 11) is 0. The summed E-state index contributed by atoms with van der Waals surface area (Å²) in [5.41, 5.74) is 5.75. The van der Waals surface area contributed by atoms with Crippen molar-refractivity contribution in [3.8, 4) is 5.75 Å². The monoisotopic (exact) mass is 673 g/mol. The number of hydrazine groups is 1. The molecular weight excluding hydrogens is 630 g/mol. The van der Waals surface area contributed by atoms with E-state index in [1.165, 1.54) is 5.01 Å². The summed E-state index contributed by atoms with van der Waals surface area (Å²) < 4.78 is 6.13. The van der Waals surface area contributed by atoms with Gasteiger partial charge in [0.2, 0.25) is 11.8 Å². The molecule has 0 bridgehead atoms. The van der Waals surface area contributed by atoms with Crippen molar-refractivity contribution >= 4 is 29.3 Å². The maximum Gasteiger partial charge on any atom is 0.260 e. The fourth-order valence-corrected chi connectivity index (χ4v) is 9.82. The number of imide groups is 2. The van der Waals surface area contributed by atoms with Gasteiger partial charge >= 0.3 is 0 Å². The van der Waals surface area contributed by atoms with Gasteiger partial charge in [0.25, 0.3) is 11.8 Å². The average Bonchev–Trinajstić information content (AvgIpc) is 3.53. The van der Waals surface area contributed by atoms with E-state index >= 15 is 4.79 Å². The van der Waals surface area contributed by atoms with Crippen LogP contribution in [0.5, 0.6) is 5.75 Å². The Hall–Kier alpha value is -4.76. The first-order chi connectivity index (χ1) is 24.4. The van der Waals surface area contributed by atoms with Crippen molar-refractivity contribution in [1.82, 2.24) is 9.91 Å². The minimum atomic E-state index is -1.38. The summed E-state index contributed by atoms with van der Waals surface area (Å²) in [4.78, 5) is 60.3. The smallest absolute Gasteiger partial charge is 0.260 e. The zero-order valence-corrected chi connectivity index (χ0v) is 28.3. The van der Waals surface area contributed by atoms with Crippen LogP contribution in [-0.4, -0.2) is 57.9 Å². The Morgan fingerprint density at radius 2 is 1.56 bits per heavy atom. The van der Waals surface area contributed by atoms with Gasteiger partial charge in [-0.1, -0.05) is 97.1 Å². The van der Waals surface area contributed by atoms with Crippen molar-refractivity contribution in [2.75, 3.05) is 18.6 Å². The molecule has 2 N–H and O–H groups in total. The second-order valence-corrected chi connectivity index (χ2v) is 14.5. The van der Waals surface area contributed by atoms with E-state index in [4.69, 9.17) is 4.74 Å². The van der Waals surface area contributed by atoms with Crippen LogP contribution in [0.3, 0.4) is 0 Å². The topological polar surface area (TPSA) is 116 Å². The van der Waals surface area contributed by atoms with Crippen molar-refractivity contribution in [1.29, 1.82) is 0 Å². The highest BCUT2D eigenvalue weighted by Gasteiger charge is 2.70. The zero-order chi connectivity index (χ0) is 34.6. The minimum absolute atomic E-state index is 0.0516. The summed E-state index contributed by atoms with van der Waals surface area (Å²) in [6, 6.07) is 24.4. The number of anilines is 1. The Morgan fingerprint density at radius 1 is 0.840 bits per heavy atom. The minimum Gasteiger partial charge on any atom is -0.491 e. The highest BCUT2D eigenvalue weighted by molar-refractivity contribution is 6.13. The van der Waals surface area contributed by atoms with Crippen LogP contribution < -0.4 is 10.2 Å². The van der Waals surface area contributed by atoms with Gasteiger partial charge in [-0.15, -0.1) is 0 Å². The predicted molar refractivity (Wildman–Crippen MR) is 187 cm³/mol. The first kappa shape index (κ1) is 32.4. The van der Waals surface area contributed by atoms with Gasteiger partial charge in [-0.25, -0.2) is 0 Å². The van der Waals surface area contributed by atoms with Crippen LogP contribution in [0.25, 0.3) is 0 Å². The molecule has 6 atom stereocenters. The number of hydrogen-bond acceptors (Lipinski definition) is 7.